The monoisotopic (exact) mass is 241 g/mol. The van der Waals surface area contributed by atoms with E-state index >= 15 is 0 Å². The standard InChI is InChI=1S/C11H19N3O3/c1-4-11(2,3)13-8(15)7-14-9(16)5-12-6-10(14)17/h12H,4-7H2,1-3H3,(H,13,15). The molecule has 0 aromatic rings. The van der Waals surface area contributed by atoms with Crippen LogP contribution in [0.1, 0.15) is 27.2 Å². The highest BCUT2D eigenvalue weighted by atomic mass is 16.2. The Balaban J connectivity index is 2.55. The summed E-state index contributed by atoms with van der Waals surface area (Å²) in [6, 6.07) is 0. The topological polar surface area (TPSA) is 78.5 Å². The Bertz CT molecular complexity index is 323. The number of carbonyl (C=O) groups is 3. The van der Waals surface area contributed by atoms with Crippen molar-refractivity contribution < 1.29 is 14.4 Å². The SMILES string of the molecule is CCC(C)(C)NC(=O)CN1C(=O)CNCC1=O. The van der Waals surface area contributed by atoms with Gasteiger partial charge in [-0.2, -0.15) is 0 Å². The Hall–Kier alpha value is -1.43. The Labute approximate surface area is 101 Å². The van der Waals surface area contributed by atoms with Gasteiger partial charge in [-0.15, -0.1) is 0 Å². The van der Waals surface area contributed by atoms with Gasteiger partial charge in [0.05, 0.1) is 13.1 Å². The van der Waals surface area contributed by atoms with E-state index in [0.29, 0.717) is 0 Å². The van der Waals surface area contributed by atoms with E-state index in [1.165, 1.54) is 0 Å². The molecule has 17 heavy (non-hydrogen) atoms. The molecule has 96 valence electrons. The minimum atomic E-state index is -0.356. The van der Waals surface area contributed by atoms with Crippen LogP contribution in [0.4, 0.5) is 0 Å². The van der Waals surface area contributed by atoms with Crippen molar-refractivity contribution in [2.24, 2.45) is 0 Å². The second kappa shape index (κ2) is 5.27. The Morgan fingerprint density at radius 1 is 1.35 bits per heavy atom. The Morgan fingerprint density at radius 3 is 2.35 bits per heavy atom. The van der Waals surface area contributed by atoms with Gasteiger partial charge >= 0.3 is 0 Å². The molecule has 0 atom stereocenters. The van der Waals surface area contributed by atoms with E-state index in [4.69, 9.17) is 0 Å². The van der Waals surface area contributed by atoms with E-state index in [9.17, 15) is 14.4 Å². The van der Waals surface area contributed by atoms with E-state index in [1.807, 2.05) is 20.8 Å². The molecule has 0 radical (unpaired) electrons. The maximum Gasteiger partial charge on any atom is 0.243 e. The van der Waals surface area contributed by atoms with E-state index in [2.05, 4.69) is 10.6 Å². The molecule has 0 saturated carbocycles. The molecule has 6 heteroatoms. The van der Waals surface area contributed by atoms with Crippen molar-refractivity contribution in [1.82, 2.24) is 15.5 Å². The summed E-state index contributed by atoms with van der Waals surface area (Å²) >= 11 is 0. The number of carbonyl (C=O) groups excluding carboxylic acids is 3. The third-order valence-electron chi connectivity index (χ3n) is 2.82. The number of piperazine rings is 1. The molecule has 6 nitrogen and oxygen atoms in total. The van der Waals surface area contributed by atoms with Crippen LogP contribution in [0, 0.1) is 0 Å². The minimum Gasteiger partial charge on any atom is -0.350 e. The van der Waals surface area contributed by atoms with Gasteiger partial charge in [0.2, 0.25) is 17.7 Å². The van der Waals surface area contributed by atoms with E-state index in [0.717, 1.165) is 11.3 Å². The van der Waals surface area contributed by atoms with Crippen molar-refractivity contribution in [3.8, 4) is 0 Å². The average Bonchev–Trinajstić information content (AvgIpc) is 2.23. The van der Waals surface area contributed by atoms with Crippen LogP contribution in [0.25, 0.3) is 0 Å². The summed E-state index contributed by atoms with van der Waals surface area (Å²) < 4.78 is 0. The zero-order chi connectivity index (χ0) is 13.1. The fourth-order valence-corrected chi connectivity index (χ4v) is 1.43. The zero-order valence-electron chi connectivity index (χ0n) is 10.5. The Morgan fingerprint density at radius 2 is 1.88 bits per heavy atom. The van der Waals surface area contributed by atoms with Crippen LogP contribution in [0.2, 0.25) is 0 Å². The lowest BCUT2D eigenvalue weighted by Crippen LogP contribution is -2.56. The fraction of sp³-hybridized carbons (Fsp3) is 0.727. The molecule has 0 aromatic heterocycles. The molecule has 0 bridgehead atoms. The van der Waals surface area contributed by atoms with Crippen LogP contribution in [0.3, 0.4) is 0 Å². The summed E-state index contributed by atoms with van der Waals surface area (Å²) in [5.41, 5.74) is -0.322. The first kappa shape index (κ1) is 13.6. The lowest BCUT2D eigenvalue weighted by molar-refractivity contribution is -0.149. The van der Waals surface area contributed by atoms with Gasteiger partial charge in [-0.25, -0.2) is 0 Å². The Kier molecular flexibility index (Phi) is 4.22. The number of hydrogen-bond acceptors (Lipinski definition) is 4. The van der Waals surface area contributed by atoms with Crippen molar-refractivity contribution in [2.45, 2.75) is 32.7 Å². The summed E-state index contributed by atoms with van der Waals surface area (Å²) in [6.07, 6.45) is 0.780. The van der Waals surface area contributed by atoms with Crippen molar-refractivity contribution >= 4 is 17.7 Å². The molecule has 1 fully saturated rings. The van der Waals surface area contributed by atoms with Crippen LogP contribution in [0.5, 0.6) is 0 Å². The van der Waals surface area contributed by atoms with Crippen molar-refractivity contribution in [3.05, 3.63) is 0 Å². The summed E-state index contributed by atoms with van der Waals surface area (Å²) in [5.74, 6) is -1.02. The first-order chi connectivity index (χ1) is 7.85. The molecule has 2 N–H and O–H groups in total. The molecule has 0 aromatic carbocycles. The molecule has 0 aliphatic carbocycles. The third-order valence-corrected chi connectivity index (χ3v) is 2.82. The fourth-order valence-electron chi connectivity index (χ4n) is 1.43. The molecular formula is C11H19N3O3. The molecule has 0 spiro atoms. The van der Waals surface area contributed by atoms with Crippen LogP contribution < -0.4 is 10.6 Å². The quantitative estimate of drug-likeness (QED) is 0.635. The van der Waals surface area contributed by atoms with Gasteiger partial charge in [-0.3, -0.25) is 24.6 Å². The van der Waals surface area contributed by atoms with Crippen molar-refractivity contribution in [3.63, 3.8) is 0 Å². The van der Waals surface area contributed by atoms with Gasteiger partial charge in [0.25, 0.3) is 0 Å². The van der Waals surface area contributed by atoms with Gasteiger partial charge in [0.1, 0.15) is 6.54 Å². The highest BCUT2D eigenvalue weighted by Gasteiger charge is 2.28. The molecule has 3 amide bonds. The summed E-state index contributed by atoms with van der Waals surface area (Å²) in [7, 11) is 0. The number of amides is 3. The summed E-state index contributed by atoms with van der Waals surface area (Å²) in [6.45, 7) is 5.77. The molecule has 1 rings (SSSR count). The number of rotatable bonds is 4. The zero-order valence-corrected chi connectivity index (χ0v) is 10.5. The first-order valence-electron chi connectivity index (χ1n) is 5.70. The third kappa shape index (κ3) is 3.81. The number of imide groups is 1. The van der Waals surface area contributed by atoms with Crippen LogP contribution in [-0.2, 0) is 14.4 Å². The predicted molar refractivity (Wildman–Crippen MR) is 62.1 cm³/mol. The predicted octanol–water partition coefficient (Wildman–Crippen LogP) is -0.750. The maximum absolute atomic E-state index is 11.7. The van der Waals surface area contributed by atoms with Gasteiger partial charge in [-0.05, 0) is 20.3 Å². The second-order valence-corrected chi connectivity index (χ2v) is 4.76. The lowest BCUT2D eigenvalue weighted by Gasteiger charge is -2.28. The molecular weight excluding hydrogens is 222 g/mol. The first-order valence-corrected chi connectivity index (χ1v) is 5.70. The molecule has 1 aliphatic rings. The van der Waals surface area contributed by atoms with Gasteiger partial charge in [0.15, 0.2) is 0 Å². The largest absolute Gasteiger partial charge is 0.350 e. The summed E-state index contributed by atoms with van der Waals surface area (Å²) in [5, 5.41) is 5.46. The lowest BCUT2D eigenvalue weighted by atomic mass is 10.0. The molecule has 1 saturated heterocycles. The van der Waals surface area contributed by atoms with E-state index < -0.39 is 0 Å². The van der Waals surface area contributed by atoms with E-state index in [-0.39, 0.29) is 42.9 Å². The highest BCUT2D eigenvalue weighted by Crippen LogP contribution is 2.07. The molecule has 1 heterocycles. The van der Waals surface area contributed by atoms with Crippen LogP contribution in [0.15, 0.2) is 0 Å². The van der Waals surface area contributed by atoms with Crippen LogP contribution >= 0.6 is 0 Å². The van der Waals surface area contributed by atoms with Gasteiger partial charge in [0, 0.05) is 5.54 Å². The van der Waals surface area contributed by atoms with Crippen molar-refractivity contribution in [2.75, 3.05) is 19.6 Å². The maximum atomic E-state index is 11.7. The van der Waals surface area contributed by atoms with Gasteiger partial charge < -0.3 is 5.32 Å². The number of hydrogen-bond donors (Lipinski definition) is 2. The summed E-state index contributed by atoms with van der Waals surface area (Å²) in [4.78, 5) is 35.6. The molecule has 1 aliphatic heterocycles. The normalized spacial score (nSPS) is 17.2. The highest BCUT2D eigenvalue weighted by molar-refractivity contribution is 6.02. The second-order valence-electron chi connectivity index (χ2n) is 4.76. The number of nitrogens with zero attached hydrogens (tertiary/aromatic N) is 1. The van der Waals surface area contributed by atoms with Crippen molar-refractivity contribution in [1.29, 1.82) is 0 Å². The minimum absolute atomic E-state index is 0.107. The average molecular weight is 241 g/mol. The van der Waals surface area contributed by atoms with Crippen LogP contribution in [-0.4, -0.2) is 47.8 Å². The van der Waals surface area contributed by atoms with E-state index in [1.54, 1.807) is 0 Å². The number of nitrogens with one attached hydrogen (secondary N) is 2. The molecule has 0 unspecified atom stereocenters. The smallest absolute Gasteiger partial charge is 0.243 e. The van der Waals surface area contributed by atoms with Gasteiger partial charge in [-0.1, -0.05) is 6.92 Å².